The number of halogens is 2. The van der Waals surface area contributed by atoms with Crippen LogP contribution in [0.2, 0.25) is 10.0 Å². The standard InChI is InChI=1S/C25H25Cl2N5O/c1-3-10-30-11-13-31(14-12-30)24-25(33)32-21-9-8-17(26)15-19(21)22(28-16(2)23(32)29-24)18-6-4-5-7-20(18)27/h4-9,15,24H,2-3,10-14H2,1H3. The third-order valence-electron chi connectivity index (χ3n) is 6.28. The van der Waals surface area contributed by atoms with E-state index in [2.05, 4.69) is 23.3 Å². The summed E-state index contributed by atoms with van der Waals surface area (Å²) in [6, 6.07) is 12.9. The fourth-order valence-corrected chi connectivity index (χ4v) is 5.06. The minimum Gasteiger partial charge on any atom is -0.301 e. The highest BCUT2D eigenvalue weighted by atomic mass is 35.5. The van der Waals surface area contributed by atoms with E-state index in [4.69, 9.17) is 33.2 Å². The van der Waals surface area contributed by atoms with E-state index in [1.807, 2.05) is 36.4 Å². The lowest BCUT2D eigenvalue weighted by Gasteiger charge is -2.36. The zero-order valence-corrected chi connectivity index (χ0v) is 20.0. The molecule has 3 aliphatic rings. The van der Waals surface area contributed by atoms with E-state index in [0.717, 1.165) is 50.3 Å². The smallest absolute Gasteiger partial charge is 0.272 e. The maximum atomic E-state index is 13.7. The fraction of sp³-hybridized carbons (Fsp3) is 0.320. The molecule has 5 rings (SSSR count). The van der Waals surface area contributed by atoms with Gasteiger partial charge in [-0.15, -0.1) is 0 Å². The maximum Gasteiger partial charge on any atom is 0.272 e. The number of benzene rings is 2. The molecular formula is C25H25Cl2N5O. The number of aliphatic imine (C=N–C) groups is 2. The summed E-state index contributed by atoms with van der Waals surface area (Å²) < 4.78 is 0. The highest BCUT2D eigenvalue weighted by molar-refractivity contribution is 6.39. The number of hydrogen-bond donors (Lipinski definition) is 0. The number of anilines is 1. The monoisotopic (exact) mass is 481 g/mol. The summed E-state index contributed by atoms with van der Waals surface area (Å²) in [5.74, 6) is 0.390. The second kappa shape index (κ2) is 9.03. The summed E-state index contributed by atoms with van der Waals surface area (Å²) in [4.78, 5) is 29.6. The number of carbonyl (C=O) groups excluding carboxylic acids is 1. The lowest BCUT2D eigenvalue weighted by atomic mass is 10.00. The number of carbonyl (C=O) groups is 1. The fourth-order valence-electron chi connectivity index (χ4n) is 4.67. The first-order valence-electron chi connectivity index (χ1n) is 11.2. The molecule has 170 valence electrons. The second-order valence-corrected chi connectivity index (χ2v) is 9.27. The van der Waals surface area contributed by atoms with Gasteiger partial charge in [0.1, 0.15) is 0 Å². The van der Waals surface area contributed by atoms with Crippen LogP contribution in [0.3, 0.4) is 0 Å². The molecule has 0 aromatic heterocycles. The summed E-state index contributed by atoms with van der Waals surface area (Å²) in [6.45, 7) is 10.9. The van der Waals surface area contributed by atoms with Gasteiger partial charge in [-0.3, -0.25) is 14.6 Å². The zero-order chi connectivity index (χ0) is 23.1. The number of nitrogens with zero attached hydrogens (tertiary/aromatic N) is 5. The SMILES string of the molecule is C=C1N=C(c2ccccc2Cl)c2cc(Cl)ccc2N2C(=O)C(N3CCN(CCC)CC3)N=C12. The van der Waals surface area contributed by atoms with Gasteiger partial charge in [0.15, 0.2) is 12.0 Å². The van der Waals surface area contributed by atoms with E-state index in [9.17, 15) is 4.79 Å². The van der Waals surface area contributed by atoms with Crippen LogP contribution in [0.4, 0.5) is 5.69 Å². The number of amides is 1. The van der Waals surface area contributed by atoms with Gasteiger partial charge in [-0.1, -0.05) is 54.9 Å². The van der Waals surface area contributed by atoms with Crippen LogP contribution in [0.5, 0.6) is 0 Å². The molecule has 3 heterocycles. The zero-order valence-electron chi connectivity index (χ0n) is 18.5. The van der Waals surface area contributed by atoms with Crippen LogP contribution in [0.1, 0.15) is 24.5 Å². The van der Waals surface area contributed by atoms with Crippen molar-refractivity contribution < 1.29 is 4.79 Å². The molecule has 1 amide bonds. The Balaban J connectivity index is 1.56. The summed E-state index contributed by atoms with van der Waals surface area (Å²) in [5, 5.41) is 1.11. The van der Waals surface area contributed by atoms with Crippen molar-refractivity contribution in [2.75, 3.05) is 37.6 Å². The third-order valence-corrected chi connectivity index (χ3v) is 6.84. The molecule has 1 unspecified atom stereocenters. The molecule has 2 aromatic carbocycles. The number of piperazine rings is 1. The number of fused-ring (bicyclic) bond motifs is 3. The van der Waals surface area contributed by atoms with E-state index >= 15 is 0 Å². The van der Waals surface area contributed by atoms with Gasteiger partial charge < -0.3 is 4.90 Å². The summed E-state index contributed by atoms with van der Waals surface area (Å²) >= 11 is 12.9. The van der Waals surface area contributed by atoms with Gasteiger partial charge in [-0.25, -0.2) is 9.98 Å². The Morgan fingerprint density at radius 2 is 1.82 bits per heavy atom. The van der Waals surface area contributed by atoms with Crippen molar-refractivity contribution in [3.05, 3.63) is 75.9 Å². The van der Waals surface area contributed by atoms with Crippen LogP contribution in [-0.4, -0.2) is 66.1 Å². The quantitative estimate of drug-likeness (QED) is 0.647. The van der Waals surface area contributed by atoms with Crippen molar-refractivity contribution >= 4 is 46.3 Å². The molecule has 8 heteroatoms. The van der Waals surface area contributed by atoms with Gasteiger partial charge >= 0.3 is 0 Å². The first-order valence-corrected chi connectivity index (χ1v) is 11.9. The van der Waals surface area contributed by atoms with Crippen LogP contribution in [0.25, 0.3) is 0 Å². The van der Waals surface area contributed by atoms with Crippen LogP contribution in [0, 0.1) is 0 Å². The van der Waals surface area contributed by atoms with Gasteiger partial charge in [-0.05, 0) is 37.2 Å². The predicted octanol–water partition coefficient (Wildman–Crippen LogP) is 4.46. The molecule has 0 N–H and O–H groups in total. The lowest BCUT2D eigenvalue weighted by molar-refractivity contribution is -0.122. The van der Waals surface area contributed by atoms with Gasteiger partial charge in [0, 0.05) is 47.4 Å². The van der Waals surface area contributed by atoms with Crippen LogP contribution in [0.15, 0.2) is 64.7 Å². The van der Waals surface area contributed by atoms with Crippen LogP contribution < -0.4 is 4.90 Å². The Morgan fingerprint density at radius 3 is 2.55 bits per heavy atom. The first kappa shape index (κ1) is 22.3. The van der Waals surface area contributed by atoms with Gasteiger partial charge in [-0.2, -0.15) is 0 Å². The number of rotatable bonds is 4. The van der Waals surface area contributed by atoms with Gasteiger partial charge in [0.05, 0.1) is 17.1 Å². The van der Waals surface area contributed by atoms with Crippen LogP contribution in [-0.2, 0) is 4.79 Å². The Kier molecular flexibility index (Phi) is 6.10. The minimum atomic E-state index is -0.568. The van der Waals surface area contributed by atoms with E-state index < -0.39 is 6.17 Å². The lowest BCUT2D eigenvalue weighted by Crippen LogP contribution is -2.53. The van der Waals surface area contributed by atoms with Crippen molar-refractivity contribution in [3.63, 3.8) is 0 Å². The van der Waals surface area contributed by atoms with Crippen molar-refractivity contribution in [2.45, 2.75) is 19.5 Å². The highest BCUT2D eigenvalue weighted by Crippen LogP contribution is 2.36. The van der Waals surface area contributed by atoms with Crippen LogP contribution >= 0.6 is 23.2 Å². The topological polar surface area (TPSA) is 51.5 Å². The minimum absolute atomic E-state index is 0.0886. The highest BCUT2D eigenvalue weighted by Gasteiger charge is 2.43. The molecule has 6 nitrogen and oxygen atoms in total. The van der Waals surface area contributed by atoms with Crippen molar-refractivity contribution in [3.8, 4) is 0 Å². The summed E-state index contributed by atoms with van der Waals surface area (Å²) in [6.07, 6.45) is 0.560. The molecule has 1 fully saturated rings. The molecule has 3 aliphatic heterocycles. The average Bonchev–Trinajstić information content (AvgIpc) is 3.10. The van der Waals surface area contributed by atoms with Gasteiger partial charge in [0.25, 0.3) is 5.91 Å². The molecule has 0 radical (unpaired) electrons. The Labute approximate surface area is 203 Å². The van der Waals surface area contributed by atoms with E-state index in [-0.39, 0.29) is 5.91 Å². The molecule has 33 heavy (non-hydrogen) atoms. The molecule has 1 saturated heterocycles. The molecule has 2 aromatic rings. The molecule has 0 bridgehead atoms. The predicted molar refractivity (Wildman–Crippen MR) is 135 cm³/mol. The number of amidine groups is 1. The summed E-state index contributed by atoms with van der Waals surface area (Å²) in [7, 11) is 0. The molecule has 0 saturated carbocycles. The maximum absolute atomic E-state index is 13.7. The van der Waals surface area contributed by atoms with Crippen molar-refractivity contribution in [1.29, 1.82) is 0 Å². The van der Waals surface area contributed by atoms with Crippen molar-refractivity contribution in [1.82, 2.24) is 9.80 Å². The third kappa shape index (κ3) is 4.02. The Bertz CT molecular complexity index is 1180. The first-order chi connectivity index (χ1) is 16.0. The number of hydrogen-bond acceptors (Lipinski definition) is 5. The van der Waals surface area contributed by atoms with Crippen molar-refractivity contribution in [2.24, 2.45) is 9.98 Å². The normalized spacial score (nSPS) is 21.4. The average molecular weight is 482 g/mol. The second-order valence-electron chi connectivity index (χ2n) is 8.43. The molecule has 1 atom stereocenters. The summed E-state index contributed by atoms with van der Waals surface area (Å²) in [5.41, 5.74) is 3.22. The molecule has 0 spiro atoms. The van der Waals surface area contributed by atoms with Gasteiger partial charge in [0.2, 0.25) is 0 Å². The van der Waals surface area contributed by atoms with E-state index in [0.29, 0.717) is 33.0 Å². The molecular weight excluding hydrogens is 457 g/mol. The Hall–Kier alpha value is -2.51. The van der Waals surface area contributed by atoms with E-state index in [1.54, 1.807) is 11.0 Å². The van der Waals surface area contributed by atoms with E-state index in [1.165, 1.54) is 0 Å². The largest absolute Gasteiger partial charge is 0.301 e. The molecule has 0 aliphatic carbocycles. The Morgan fingerprint density at radius 1 is 1.06 bits per heavy atom.